The first-order chi connectivity index (χ1) is 9.29. The molecule has 1 aromatic rings. The van der Waals surface area contributed by atoms with Gasteiger partial charge in [0.15, 0.2) is 0 Å². The Morgan fingerprint density at radius 3 is 2.70 bits per heavy atom. The van der Waals surface area contributed by atoms with Crippen molar-refractivity contribution >= 4 is 12.4 Å². The van der Waals surface area contributed by atoms with Crippen LogP contribution in [0.2, 0.25) is 0 Å². The summed E-state index contributed by atoms with van der Waals surface area (Å²) in [5.41, 5.74) is 1.21. The summed E-state index contributed by atoms with van der Waals surface area (Å²) in [5.74, 6) is 1.18. The molecule has 2 unspecified atom stereocenters. The van der Waals surface area contributed by atoms with Crippen molar-refractivity contribution in [2.45, 2.75) is 12.6 Å². The van der Waals surface area contributed by atoms with Gasteiger partial charge in [-0.1, -0.05) is 24.8 Å². The summed E-state index contributed by atoms with van der Waals surface area (Å²) in [4.78, 5) is 0. The Morgan fingerprint density at radius 2 is 2.10 bits per heavy atom. The zero-order valence-electron chi connectivity index (χ0n) is 11.5. The Labute approximate surface area is 126 Å². The van der Waals surface area contributed by atoms with Crippen molar-refractivity contribution in [2.24, 2.45) is 5.92 Å². The summed E-state index contributed by atoms with van der Waals surface area (Å²) in [6.07, 6.45) is 1.51. The molecule has 2 atom stereocenters. The van der Waals surface area contributed by atoms with Crippen LogP contribution >= 0.6 is 12.4 Å². The van der Waals surface area contributed by atoms with E-state index in [4.69, 9.17) is 4.74 Å². The van der Waals surface area contributed by atoms with Crippen molar-refractivity contribution in [3.05, 3.63) is 42.5 Å². The van der Waals surface area contributed by atoms with Gasteiger partial charge in [-0.15, -0.1) is 12.4 Å². The van der Waals surface area contributed by atoms with Gasteiger partial charge in [0.05, 0.1) is 6.10 Å². The van der Waals surface area contributed by atoms with Gasteiger partial charge < -0.3 is 20.5 Å². The third-order valence-electron chi connectivity index (χ3n) is 3.33. The number of benzene rings is 1. The highest BCUT2D eigenvalue weighted by atomic mass is 35.5. The number of nitrogens with one attached hydrogen (secondary N) is 2. The van der Waals surface area contributed by atoms with Crippen LogP contribution in [0.15, 0.2) is 36.9 Å². The minimum atomic E-state index is -0.220. The van der Waals surface area contributed by atoms with Gasteiger partial charge in [0, 0.05) is 32.1 Å². The molecule has 1 aromatic carbocycles. The van der Waals surface area contributed by atoms with E-state index in [1.165, 1.54) is 5.56 Å². The standard InChI is InChI=1S/C15H22N2O2.ClH/c1-2-7-19-14-5-3-12(4-6-14)8-16-9-13-10-17-11-15(13)18;/h2-6,13,15-18H,1,7-11H2;1H. The van der Waals surface area contributed by atoms with Crippen LogP contribution in [0.1, 0.15) is 5.56 Å². The van der Waals surface area contributed by atoms with E-state index in [1.807, 2.05) is 12.1 Å². The Morgan fingerprint density at radius 1 is 1.35 bits per heavy atom. The molecule has 0 saturated carbocycles. The van der Waals surface area contributed by atoms with Crippen LogP contribution in [0.25, 0.3) is 0 Å². The van der Waals surface area contributed by atoms with Crippen LogP contribution in [0.5, 0.6) is 5.75 Å². The Bertz CT molecular complexity index is 397. The van der Waals surface area contributed by atoms with Gasteiger partial charge >= 0.3 is 0 Å². The smallest absolute Gasteiger partial charge is 0.119 e. The topological polar surface area (TPSA) is 53.5 Å². The van der Waals surface area contributed by atoms with E-state index >= 15 is 0 Å². The van der Waals surface area contributed by atoms with Crippen LogP contribution in [0, 0.1) is 5.92 Å². The van der Waals surface area contributed by atoms with Gasteiger partial charge in [0.1, 0.15) is 12.4 Å². The summed E-state index contributed by atoms with van der Waals surface area (Å²) >= 11 is 0. The van der Waals surface area contributed by atoms with Crippen molar-refractivity contribution in [3.63, 3.8) is 0 Å². The monoisotopic (exact) mass is 298 g/mol. The third-order valence-corrected chi connectivity index (χ3v) is 3.33. The highest BCUT2D eigenvalue weighted by Crippen LogP contribution is 2.12. The molecule has 4 nitrogen and oxygen atoms in total. The second-order valence-electron chi connectivity index (χ2n) is 4.86. The molecular formula is C15H23ClN2O2. The maximum atomic E-state index is 9.68. The minimum absolute atomic E-state index is 0. The van der Waals surface area contributed by atoms with E-state index in [9.17, 15) is 5.11 Å². The van der Waals surface area contributed by atoms with Crippen LogP contribution in [-0.4, -0.2) is 37.5 Å². The van der Waals surface area contributed by atoms with Crippen LogP contribution in [-0.2, 0) is 6.54 Å². The zero-order valence-corrected chi connectivity index (χ0v) is 12.4. The van der Waals surface area contributed by atoms with E-state index in [0.717, 1.165) is 25.4 Å². The molecule has 3 N–H and O–H groups in total. The molecule has 1 aliphatic rings. The van der Waals surface area contributed by atoms with Crippen molar-refractivity contribution in [2.75, 3.05) is 26.2 Å². The lowest BCUT2D eigenvalue weighted by Gasteiger charge is -2.14. The molecule has 0 amide bonds. The molecule has 112 valence electrons. The average molecular weight is 299 g/mol. The van der Waals surface area contributed by atoms with Crippen LogP contribution < -0.4 is 15.4 Å². The van der Waals surface area contributed by atoms with Gasteiger partial charge in [-0.2, -0.15) is 0 Å². The predicted molar refractivity (Wildman–Crippen MR) is 83.5 cm³/mol. The molecule has 0 bridgehead atoms. The Hall–Kier alpha value is -1.07. The van der Waals surface area contributed by atoms with Crippen molar-refractivity contribution in [3.8, 4) is 5.75 Å². The quantitative estimate of drug-likeness (QED) is 0.665. The minimum Gasteiger partial charge on any atom is -0.490 e. The molecule has 1 fully saturated rings. The summed E-state index contributed by atoms with van der Waals surface area (Å²) in [5, 5.41) is 16.2. The first kappa shape index (κ1) is 17.0. The second kappa shape index (κ2) is 8.97. The molecule has 20 heavy (non-hydrogen) atoms. The molecule has 0 radical (unpaired) electrons. The van der Waals surface area contributed by atoms with Crippen LogP contribution in [0.4, 0.5) is 0 Å². The Kier molecular flexibility index (Phi) is 7.62. The van der Waals surface area contributed by atoms with Crippen molar-refractivity contribution in [1.29, 1.82) is 0 Å². The number of rotatable bonds is 7. The number of hydrogen-bond acceptors (Lipinski definition) is 4. The van der Waals surface area contributed by atoms with Gasteiger partial charge in [-0.3, -0.25) is 0 Å². The van der Waals surface area contributed by atoms with Crippen molar-refractivity contribution < 1.29 is 9.84 Å². The normalized spacial score (nSPS) is 21.2. The highest BCUT2D eigenvalue weighted by Gasteiger charge is 2.23. The number of β-amino-alcohol motifs (C(OH)–C–C–N with tert-alkyl or cyclic N) is 1. The van der Waals surface area contributed by atoms with Gasteiger partial charge in [-0.05, 0) is 17.7 Å². The van der Waals surface area contributed by atoms with Crippen molar-refractivity contribution in [1.82, 2.24) is 10.6 Å². The number of halogens is 1. The number of aliphatic hydroxyl groups is 1. The van der Waals surface area contributed by atoms with Gasteiger partial charge in [-0.25, -0.2) is 0 Å². The van der Waals surface area contributed by atoms with E-state index in [-0.39, 0.29) is 18.5 Å². The number of aliphatic hydroxyl groups excluding tert-OH is 1. The first-order valence-corrected chi connectivity index (χ1v) is 6.71. The molecule has 1 aliphatic heterocycles. The highest BCUT2D eigenvalue weighted by molar-refractivity contribution is 5.85. The molecule has 2 rings (SSSR count). The lowest BCUT2D eigenvalue weighted by atomic mass is 10.1. The molecule has 1 saturated heterocycles. The maximum Gasteiger partial charge on any atom is 0.119 e. The SMILES string of the molecule is C=CCOc1ccc(CNCC2CNCC2O)cc1.Cl. The fraction of sp³-hybridized carbons (Fsp3) is 0.467. The predicted octanol–water partition coefficient (Wildman–Crippen LogP) is 1.34. The fourth-order valence-corrected chi connectivity index (χ4v) is 2.19. The molecule has 0 aromatic heterocycles. The van der Waals surface area contributed by atoms with Gasteiger partial charge in [0.2, 0.25) is 0 Å². The average Bonchev–Trinajstić information content (AvgIpc) is 2.84. The van der Waals surface area contributed by atoms with Gasteiger partial charge in [0.25, 0.3) is 0 Å². The summed E-state index contributed by atoms with van der Waals surface area (Å²) in [7, 11) is 0. The first-order valence-electron chi connectivity index (χ1n) is 6.71. The van der Waals surface area contributed by atoms with Crippen LogP contribution in [0.3, 0.4) is 0 Å². The summed E-state index contributed by atoms with van der Waals surface area (Å²) < 4.78 is 5.43. The molecule has 0 spiro atoms. The zero-order chi connectivity index (χ0) is 13.5. The Balaban J connectivity index is 0.00000200. The fourth-order valence-electron chi connectivity index (χ4n) is 2.19. The van der Waals surface area contributed by atoms with E-state index < -0.39 is 0 Å². The number of hydrogen-bond donors (Lipinski definition) is 3. The molecule has 1 heterocycles. The largest absolute Gasteiger partial charge is 0.490 e. The number of ether oxygens (including phenoxy) is 1. The maximum absolute atomic E-state index is 9.68. The second-order valence-corrected chi connectivity index (χ2v) is 4.86. The molecule has 0 aliphatic carbocycles. The third kappa shape index (κ3) is 5.13. The summed E-state index contributed by atoms with van der Waals surface area (Å²) in [6.45, 7) is 7.40. The van der Waals surface area contributed by atoms with E-state index in [0.29, 0.717) is 19.1 Å². The van der Waals surface area contributed by atoms with E-state index in [2.05, 4.69) is 29.3 Å². The molecule has 5 heteroatoms. The molecular weight excluding hydrogens is 276 g/mol. The lowest BCUT2D eigenvalue weighted by molar-refractivity contribution is 0.146. The lowest BCUT2D eigenvalue weighted by Crippen LogP contribution is -2.30. The van der Waals surface area contributed by atoms with E-state index in [1.54, 1.807) is 6.08 Å². The summed E-state index contributed by atoms with van der Waals surface area (Å²) in [6, 6.07) is 8.03.